The van der Waals surface area contributed by atoms with Gasteiger partial charge in [-0.15, -0.1) is 10.2 Å². The molecule has 2 atom stereocenters. The van der Waals surface area contributed by atoms with Crippen molar-refractivity contribution in [1.29, 1.82) is 0 Å². The van der Waals surface area contributed by atoms with Crippen molar-refractivity contribution in [3.05, 3.63) is 90.0 Å². The Morgan fingerprint density at radius 3 is 2.36 bits per heavy atom. The normalized spacial score (nSPS) is 17.9. The summed E-state index contributed by atoms with van der Waals surface area (Å²) in [7, 11) is 4.08. The molecule has 1 N–H and O–H groups in total. The van der Waals surface area contributed by atoms with Gasteiger partial charge in [0.1, 0.15) is 12.7 Å². The van der Waals surface area contributed by atoms with E-state index in [1.807, 2.05) is 43.2 Å². The summed E-state index contributed by atoms with van der Waals surface area (Å²) in [6.45, 7) is 4.20. The Bertz CT molecular complexity index is 1260. The molecule has 8 nitrogen and oxygen atoms in total. The number of thiocarbonyl (C=S) groups is 1. The molecule has 1 aromatic carbocycles. The molecule has 9 heteroatoms. The number of benzene rings is 1. The number of nitrogens with one attached hydrogen (secondary N) is 1. The maximum atomic E-state index is 5.87. The molecule has 4 heterocycles. The molecule has 1 aliphatic rings. The van der Waals surface area contributed by atoms with Crippen molar-refractivity contribution in [2.24, 2.45) is 0 Å². The number of nitrogens with zero attached hydrogens (tertiary/aromatic N) is 7. The van der Waals surface area contributed by atoms with Gasteiger partial charge in [0.25, 0.3) is 0 Å². The average molecular weight is 459 g/mol. The van der Waals surface area contributed by atoms with Crippen LogP contribution in [-0.4, -0.2) is 43.7 Å². The van der Waals surface area contributed by atoms with E-state index in [9.17, 15) is 0 Å². The third-order valence-electron chi connectivity index (χ3n) is 6.13. The van der Waals surface area contributed by atoms with E-state index in [2.05, 4.69) is 79.2 Å². The minimum atomic E-state index is -0.0953. The molecule has 5 rings (SSSR count). The SMILES string of the molecule is Cc1cc(C2C(c3ccccn3)NC(=S)N2c2ccc(N(C)C)cc2)c(C)n1-n1cnnc1. The van der Waals surface area contributed by atoms with Gasteiger partial charge < -0.3 is 15.1 Å². The van der Waals surface area contributed by atoms with E-state index in [1.54, 1.807) is 12.7 Å². The Morgan fingerprint density at radius 2 is 1.73 bits per heavy atom. The van der Waals surface area contributed by atoms with Crippen LogP contribution < -0.4 is 15.1 Å². The van der Waals surface area contributed by atoms with Crippen molar-refractivity contribution in [3.63, 3.8) is 0 Å². The van der Waals surface area contributed by atoms with Gasteiger partial charge in [0, 0.05) is 48.6 Å². The summed E-state index contributed by atoms with van der Waals surface area (Å²) in [6, 6.07) is 16.5. The minimum absolute atomic E-state index is 0.0750. The Balaban J connectivity index is 1.65. The van der Waals surface area contributed by atoms with Gasteiger partial charge in [-0.3, -0.25) is 9.66 Å². The topological polar surface area (TPSA) is 67.0 Å². The molecule has 1 aliphatic heterocycles. The van der Waals surface area contributed by atoms with Crippen LogP contribution in [0.25, 0.3) is 0 Å². The van der Waals surface area contributed by atoms with Crippen molar-refractivity contribution in [2.75, 3.05) is 23.9 Å². The van der Waals surface area contributed by atoms with E-state index in [0.29, 0.717) is 5.11 Å². The molecule has 3 aromatic heterocycles. The zero-order valence-electron chi connectivity index (χ0n) is 19.0. The zero-order chi connectivity index (χ0) is 23.1. The summed E-state index contributed by atoms with van der Waals surface area (Å²) in [5.74, 6) is 0. The predicted molar refractivity (Wildman–Crippen MR) is 133 cm³/mol. The molecule has 0 spiro atoms. The molecule has 1 fully saturated rings. The summed E-state index contributed by atoms with van der Waals surface area (Å²) >= 11 is 5.87. The molecular formula is C24H26N8S. The molecule has 0 amide bonds. The molecular weight excluding hydrogens is 432 g/mol. The highest BCUT2D eigenvalue weighted by atomic mass is 32.1. The standard InChI is InChI=1S/C24H26N8S/c1-16-13-20(17(2)32(16)30-14-26-27-15-30)23-22(21-7-5-6-12-25-21)28-24(33)31(23)19-10-8-18(9-11-19)29(3)4/h5-15,22-23H,1-4H3,(H,28,33). The fourth-order valence-electron chi connectivity index (χ4n) is 4.59. The zero-order valence-corrected chi connectivity index (χ0v) is 19.9. The van der Waals surface area contributed by atoms with Gasteiger partial charge >= 0.3 is 0 Å². The van der Waals surface area contributed by atoms with Gasteiger partial charge in [0.05, 0.1) is 17.8 Å². The van der Waals surface area contributed by atoms with Gasteiger partial charge in [-0.1, -0.05) is 6.07 Å². The van der Waals surface area contributed by atoms with Crippen LogP contribution in [0.4, 0.5) is 11.4 Å². The van der Waals surface area contributed by atoms with E-state index < -0.39 is 0 Å². The Morgan fingerprint density at radius 1 is 1.00 bits per heavy atom. The highest BCUT2D eigenvalue weighted by Crippen LogP contribution is 2.43. The lowest BCUT2D eigenvalue weighted by Crippen LogP contribution is -2.29. The fourth-order valence-corrected chi connectivity index (χ4v) is 4.94. The van der Waals surface area contributed by atoms with Gasteiger partial charge in [0.2, 0.25) is 0 Å². The van der Waals surface area contributed by atoms with E-state index in [4.69, 9.17) is 12.2 Å². The van der Waals surface area contributed by atoms with Gasteiger partial charge in [0.15, 0.2) is 5.11 Å². The average Bonchev–Trinajstić information content (AvgIpc) is 3.52. The van der Waals surface area contributed by atoms with Crippen molar-refractivity contribution >= 4 is 28.7 Å². The molecule has 2 unspecified atom stereocenters. The van der Waals surface area contributed by atoms with Crippen LogP contribution >= 0.6 is 12.2 Å². The molecule has 1 saturated heterocycles. The third-order valence-corrected chi connectivity index (χ3v) is 6.45. The van der Waals surface area contributed by atoms with Crippen LogP contribution in [0, 0.1) is 13.8 Å². The largest absolute Gasteiger partial charge is 0.378 e. The van der Waals surface area contributed by atoms with Gasteiger partial charge in [-0.05, 0) is 68.5 Å². The number of hydrogen-bond donors (Lipinski definition) is 1. The Kier molecular flexibility index (Phi) is 5.33. The third kappa shape index (κ3) is 3.64. The maximum absolute atomic E-state index is 5.87. The lowest BCUT2D eigenvalue weighted by Gasteiger charge is -2.28. The van der Waals surface area contributed by atoms with Crippen LogP contribution in [0.15, 0.2) is 67.4 Å². The summed E-state index contributed by atoms with van der Waals surface area (Å²) in [4.78, 5) is 8.95. The second-order valence-electron chi connectivity index (χ2n) is 8.39. The quantitative estimate of drug-likeness (QED) is 0.458. The first-order valence-corrected chi connectivity index (χ1v) is 11.2. The van der Waals surface area contributed by atoms with Crippen molar-refractivity contribution in [2.45, 2.75) is 25.9 Å². The molecule has 33 heavy (non-hydrogen) atoms. The van der Waals surface area contributed by atoms with Crippen LogP contribution in [0.3, 0.4) is 0 Å². The highest BCUT2D eigenvalue weighted by Gasteiger charge is 2.42. The number of hydrogen-bond acceptors (Lipinski definition) is 5. The fraction of sp³-hybridized carbons (Fsp3) is 0.250. The van der Waals surface area contributed by atoms with Crippen LogP contribution in [0.2, 0.25) is 0 Å². The lowest BCUT2D eigenvalue weighted by molar-refractivity contribution is 0.557. The van der Waals surface area contributed by atoms with E-state index in [-0.39, 0.29) is 12.1 Å². The first-order chi connectivity index (χ1) is 16.0. The lowest BCUT2D eigenvalue weighted by atomic mass is 9.96. The van der Waals surface area contributed by atoms with Crippen LogP contribution in [0.1, 0.15) is 34.7 Å². The first kappa shape index (κ1) is 21.1. The van der Waals surface area contributed by atoms with Crippen molar-refractivity contribution < 1.29 is 0 Å². The van der Waals surface area contributed by atoms with Gasteiger partial charge in [-0.2, -0.15) is 0 Å². The molecule has 0 bridgehead atoms. The Hall–Kier alpha value is -3.72. The molecule has 0 radical (unpaired) electrons. The van der Waals surface area contributed by atoms with E-state index >= 15 is 0 Å². The molecule has 4 aromatic rings. The molecule has 0 saturated carbocycles. The van der Waals surface area contributed by atoms with Crippen LogP contribution in [-0.2, 0) is 0 Å². The monoisotopic (exact) mass is 458 g/mol. The first-order valence-electron chi connectivity index (χ1n) is 10.8. The molecule has 0 aliphatic carbocycles. The second kappa shape index (κ2) is 8.32. The smallest absolute Gasteiger partial charge is 0.174 e. The van der Waals surface area contributed by atoms with Crippen molar-refractivity contribution in [1.82, 2.24) is 29.9 Å². The number of rotatable bonds is 5. The number of aromatic nitrogens is 5. The second-order valence-corrected chi connectivity index (χ2v) is 8.77. The van der Waals surface area contributed by atoms with E-state index in [1.165, 1.54) is 5.56 Å². The maximum Gasteiger partial charge on any atom is 0.174 e. The summed E-state index contributed by atoms with van der Waals surface area (Å²) in [6.07, 6.45) is 5.23. The highest BCUT2D eigenvalue weighted by molar-refractivity contribution is 7.80. The van der Waals surface area contributed by atoms with Gasteiger partial charge in [-0.25, -0.2) is 4.68 Å². The summed E-state index contributed by atoms with van der Waals surface area (Å²) in [5.41, 5.74) is 6.48. The summed E-state index contributed by atoms with van der Waals surface area (Å²) in [5, 5.41) is 12.2. The molecule has 168 valence electrons. The number of anilines is 2. The summed E-state index contributed by atoms with van der Waals surface area (Å²) < 4.78 is 4.00. The predicted octanol–water partition coefficient (Wildman–Crippen LogP) is 3.65. The van der Waals surface area contributed by atoms with E-state index in [0.717, 1.165) is 28.5 Å². The minimum Gasteiger partial charge on any atom is -0.378 e. The number of aryl methyl sites for hydroxylation is 1. The van der Waals surface area contributed by atoms with Crippen LogP contribution in [0.5, 0.6) is 0 Å². The Labute approximate surface area is 198 Å². The number of pyridine rings is 1. The van der Waals surface area contributed by atoms with Crippen molar-refractivity contribution in [3.8, 4) is 0 Å².